The van der Waals surface area contributed by atoms with Gasteiger partial charge in [-0.25, -0.2) is 0 Å². The van der Waals surface area contributed by atoms with Crippen molar-refractivity contribution in [3.05, 3.63) is 0 Å². The maximum absolute atomic E-state index is 11.5. The van der Waals surface area contributed by atoms with E-state index >= 15 is 0 Å². The van der Waals surface area contributed by atoms with E-state index in [-0.39, 0.29) is 0 Å². The summed E-state index contributed by atoms with van der Waals surface area (Å²) >= 11 is 3.30. The van der Waals surface area contributed by atoms with Gasteiger partial charge in [0.15, 0.2) is 0 Å². The van der Waals surface area contributed by atoms with Crippen LogP contribution < -0.4 is 0 Å². The van der Waals surface area contributed by atoms with Gasteiger partial charge < -0.3 is 4.90 Å². The molecular weight excluding hydrogens is 230 g/mol. The van der Waals surface area contributed by atoms with Crippen molar-refractivity contribution in [2.45, 2.75) is 26.7 Å². The standard InChI is InChI=1S/C10H18BrNO/c1-8-4-6-12(7-9(8)2)10(13)3-5-11/h8-9H,3-7H2,1-2H3. The molecule has 1 saturated heterocycles. The number of alkyl halides is 1. The number of piperidine rings is 1. The number of carbonyl (C=O) groups excluding carboxylic acids is 1. The lowest BCUT2D eigenvalue weighted by molar-refractivity contribution is -0.133. The van der Waals surface area contributed by atoms with Crippen molar-refractivity contribution < 1.29 is 4.79 Å². The van der Waals surface area contributed by atoms with E-state index in [4.69, 9.17) is 0 Å². The Morgan fingerprint density at radius 3 is 2.69 bits per heavy atom. The summed E-state index contributed by atoms with van der Waals surface area (Å²) in [5, 5.41) is 0.784. The first kappa shape index (κ1) is 11.0. The van der Waals surface area contributed by atoms with Gasteiger partial charge in [0.1, 0.15) is 0 Å². The van der Waals surface area contributed by atoms with Gasteiger partial charge in [-0.15, -0.1) is 0 Å². The second kappa shape index (κ2) is 4.99. The highest BCUT2D eigenvalue weighted by molar-refractivity contribution is 9.09. The Bertz CT molecular complexity index is 184. The lowest BCUT2D eigenvalue weighted by atomic mass is 9.88. The summed E-state index contributed by atoms with van der Waals surface area (Å²) in [6.07, 6.45) is 1.80. The normalized spacial score (nSPS) is 29.0. The maximum Gasteiger partial charge on any atom is 0.223 e. The lowest BCUT2D eigenvalue weighted by Crippen LogP contribution is -2.42. The fraction of sp³-hybridized carbons (Fsp3) is 0.900. The minimum absolute atomic E-state index is 0.302. The molecule has 2 unspecified atom stereocenters. The van der Waals surface area contributed by atoms with E-state index in [1.54, 1.807) is 0 Å². The van der Waals surface area contributed by atoms with E-state index in [1.807, 2.05) is 4.90 Å². The number of carbonyl (C=O) groups is 1. The van der Waals surface area contributed by atoms with Crippen LogP contribution in [0.15, 0.2) is 0 Å². The Morgan fingerprint density at radius 2 is 2.15 bits per heavy atom. The molecule has 0 saturated carbocycles. The molecule has 2 atom stereocenters. The molecule has 1 aliphatic rings. The molecule has 1 heterocycles. The molecule has 0 spiro atoms. The molecule has 0 aromatic heterocycles. The van der Waals surface area contributed by atoms with E-state index < -0.39 is 0 Å². The average molecular weight is 248 g/mol. The van der Waals surface area contributed by atoms with E-state index in [2.05, 4.69) is 29.8 Å². The molecule has 76 valence electrons. The van der Waals surface area contributed by atoms with Crippen LogP contribution in [0.4, 0.5) is 0 Å². The van der Waals surface area contributed by atoms with Crippen LogP contribution in [0, 0.1) is 11.8 Å². The maximum atomic E-state index is 11.5. The van der Waals surface area contributed by atoms with Crippen LogP contribution in [-0.4, -0.2) is 29.2 Å². The molecule has 13 heavy (non-hydrogen) atoms. The van der Waals surface area contributed by atoms with Gasteiger partial charge >= 0.3 is 0 Å². The zero-order chi connectivity index (χ0) is 9.84. The Hall–Kier alpha value is -0.0500. The minimum Gasteiger partial charge on any atom is -0.342 e. The molecule has 0 aromatic carbocycles. The number of rotatable bonds is 2. The second-order valence-electron chi connectivity index (χ2n) is 4.02. The summed E-state index contributed by atoms with van der Waals surface area (Å²) in [5.74, 6) is 1.73. The summed E-state index contributed by atoms with van der Waals surface area (Å²) < 4.78 is 0. The number of amides is 1. The average Bonchev–Trinajstić information content (AvgIpc) is 2.10. The van der Waals surface area contributed by atoms with Crippen LogP contribution in [0.5, 0.6) is 0 Å². The Labute approximate surface area is 88.8 Å². The van der Waals surface area contributed by atoms with Crippen molar-refractivity contribution in [3.8, 4) is 0 Å². The lowest BCUT2D eigenvalue weighted by Gasteiger charge is -2.35. The Balaban J connectivity index is 2.40. The van der Waals surface area contributed by atoms with E-state index in [1.165, 1.54) is 0 Å². The van der Waals surface area contributed by atoms with Gasteiger partial charge in [0, 0.05) is 24.8 Å². The van der Waals surface area contributed by atoms with Crippen LogP contribution in [0.25, 0.3) is 0 Å². The third kappa shape index (κ3) is 2.97. The molecule has 0 bridgehead atoms. The quantitative estimate of drug-likeness (QED) is 0.686. The fourth-order valence-electron chi connectivity index (χ4n) is 1.73. The monoisotopic (exact) mass is 247 g/mol. The summed E-state index contributed by atoms with van der Waals surface area (Å²) in [6, 6.07) is 0. The highest BCUT2D eigenvalue weighted by Crippen LogP contribution is 2.22. The van der Waals surface area contributed by atoms with E-state index in [9.17, 15) is 4.79 Å². The molecule has 0 N–H and O–H groups in total. The number of hydrogen-bond acceptors (Lipinski definition) is 1. The Kier molecular flexibility index (Phi) is 4.23. The molecule has 0 aliphatic carbocycles. The fourth-order valence-corrected chi connectivity index (χ4v) is 2.07. The minimum atomic E-state index is 0.302. The van der Waals surface area contributed by atoms with Gasteiger partial charge in [-0.3, -0.25) is 4.79 Å². The van der Waals surface area contributed by atoms with E-state index in [0.29, 0.717) is 18.2 Å². The van der Waals surface area contributed by atoms with Gasteiger partial charge in [-0.05, 0) is 18.3 Å². The predicted octanol–water partition coefficient (Wildman–Crippen LogP) is 2.28. The first-order valence-corrected chi connectivity index (χ1v) is 6.11. The van der Waals surface area contributed by atoms with Crippen LogP contribution >= 0.6 is 15.9 Å². The number of halogens is 1. The van der Waals surface area contributed by atoms with Gasteiger partial charge in [-0.1, -0.05) is 29.8 Å². The first-order chi connectivity index (χ1) is 6.15. The van der Waals surface area contributed by atoms with Crippen LogP contribution in [-0.2, 0) is 4.79 Å². The second-order valence-corrected chi connectivity index (χ2v) is 4.81. The SMILES string of the molecule is CC1CCN(C(=O)CCBr)CC1C. The number of nitrogens with zero attached hydrogens (tertiary/aromatic N) is 1. The Morgan fingerprint density at radius 1 is 1.46 bits per heavy atom. The molecule has 0 radical (unpaired) electrons. The van der Waals surface area contributed by atoms with Gasteiger partial charge in [0.25, 0.3) is 0 Å². The first-order valence-electron chi connectivity index (χ1n) is 4.99. The molecular formula is C10H18BrNO. The van der Waals surface area contributed by atoms with Gasteiger partial charge in [0.2, 0.25) is 5.91 Å². The topological polar surface area (TPSA) is 20.3 Å². The van der Waals surface area contributed by atoms with Crippen molar-refractivity contribution in [2.24, 2.45) is 11.8 Å². The van der Waals surface area contributed by atoms with Crippen LogP contribution in [0.2, 0.25) is 0 Å². The van der Waals surface area contributed by atoms with Crippen molar-refractivity contribution in [1.29, 1.82) is 0 Å². The molecule has 2 nitrogen and oxygen atoms in total. The largest absolute Gasteiger partial charge is 0.342 e. The molecule has 1 fully saturated rings. The molecule has 0 aromatic rings. The zero-order valence-corrected chi connectivity index (χ0v) is 10.0. The van der Waals surface area contributed by atoms with Crippen molar-refractivity contribution in [3.63, 3.8) is 0 Å². The number of likely N-dealkylation sites (tertiary alicyclic amines) is 1. The smallest absolute Gasteiger partial charge is 0.223 e. The van der Waals surface area contributed by atoms with Crippen molar-refractivity contribution in [2.75, 3.05) is 18.4 Å². The highest BCUT2D eigenvalue weighted by Gasteiger charge is 2.24. The van der Waals surface area contributed by atoms with Gasteiger partial charge in [0.05, 0.1) is 0 Å². The highest BCUT2D eigenvalue weighted by atomic mass is 79.9. The molecule has 1 aliphatic heterocycles. The predicted molar refractivity (Wildman–Crippen MR) is 57.9 cm³/mol. The third-order valence-corrected chi connectivity index (χ3v) is 3.39. The molecule has 1 rings (SSSR count). The molecule has 3 heteroatoms. The van der Waals surface area contributed by atoms with Crippen LogP contribution in [0.1, 0.15) is 26.7 Å². The number of hydrogen-bond donors (Lipinski definition) is 0. The zero-order valence-electron chi connectivity index (χ0n) is 8.42. The van der Waals surface area contributed by atoms with Gasteiger partial charge in [-0.2, -0.15) is 0 Å². The summed E-state index contributed by atoms with van der Waals surface area (Å²) in [4.78, 5) is 13.6. The van der Waals surface area contributed by atoms with E-state index in [0.717, 1.165) is 30.8 Å². The van der Waals surface area contributed by atoms with Crippen molar-refractivity contribution >= 4 is 21.8 Å². The summed E-state index contributed by atoms with van der Waals surface area (Å²) in [5.41, 5.74) is 0. The van der Waals surface area contributed by atoms with Crippen LogP contribution in [0.3, 0.4) is 0 Å². The summed E-state index contributed by atoms with van der Waals surface area (Å²) in [6.45, 7) is 6.42. The van der Waals surface area contributed by atoms with Crippen molar-refractivity contribution in [1.82, 2.24) is 4.90 Å². The summed E-state index contributed by atoms with van der Waals surface area (Å²) in [7, 11) is 0. The third-order valence-electron chi connectivity index (χ3n) is 3.00. The molecule has 1 amide bonds.